The summed E-state index contributed by atoms with van der Waals surface area (Å²) in [5.74, 6) is -0.914. The first-order chi connectivity index (χ1) is 11.1. The maximum absolute atomic E-state index is 12.2. The normalized spacial score (nSPS) is 10.4. The highest BCUT2D eigenvalue weighted by atomic mass is 16.5. The molecule has 0 saturated heterocycles. The van der Waals surface area contributed by atoms with Crippen LogP contribution in [0.2, 0.25) is 0 Å². The highest BCUT2D eigenvalue weighted by Crippen LogP contribution is 2.18. The summed E-state index contributed by atoms with van der Waals surface area (Å²) >= 11 is 0. The maximum Gasteiger partial charge on any atom is 0.359 e. The zero-order valence-corrected chi connectivity index (χ0v) is 13.2. The molecule has 2 aromatic rings. The summed E-state index contributed by atoms with van der Waals surface area (Å²) in [7, 11) is 3.99. The molecule has 0 amide bonds. The minimum atomic E-state index is -0.699. The van der Waals surface area contributed by atoms with Gasteiger partial charge >= 0.3 is 11.9 Å². The Morgan fingerprint density at radius 3 is 2.26 bits per heavy atom. The molecule has 0 aliphatic heterocycles. The van der Waals surface area contributed by atoms with Crippen molar-refractivity contribution >= 4 is 11.9 Å². The van der Waals surface area contributed by atoms with Crippen LogP contribution in [0.3, 0.4) is 0 Å². The molecule has 1 aromatic carbocycles. The van der Waals surface area contributed by atoms with Gasteiger partial charge in [-0.25, -0.2) is 14.6 Å². The van der Waals surface area contributed by atoms with Gasteiger partial charge in [-0.3, -0.25) is 0 Å². The second-order valence-electron chi connectivity index (χ2n) is 4.71. The van der Waals surface area contributed by atoms with E-state index in [9.17, 15) is 9.59 Å². The summed E-state index contributed by atoms with van der Waals surface area (Å²) in [4.78, 5) is 28.3. The number of methoxy groups -OCH3 is 3. The van der Waals surface area contributed by atoms with Crippen LogP contribution in [0.1, 0.15) is 32.4 Å². The molecule has 0 aliphatic carbocycles. The summed E-state index contributed by atoms with van der Waals surface area (Å²) in [6.45, 7) is 0.502. The predicted octanol–water partition coefficient (Wildman–Crippen LogP) is 1.65. The molecule has 122 valence electrons. The first kappa shape index (κ1) is 16.7. The molecule has 0 bridgehead atoms. The number of nitrogens with zero attached hydrogens (tertiary/aromatic N) is 2. The lowest BCUT2D eigenvalue weighted by Gasteiger charge is -2.11. The van der Waals surface area contributed by atoms with E-state index in [1.807, 2.05) is 30.3 Å². The zero-order chi connectivity index (χ0) is 16.8. The van der Waals surface area contributed by atoms with Crippen LogP contribution >= 0.6 is 0 Å². The van der Waals surface area contributed by atoms with Crippen molar-refractivity contribution in [2.75, 3.05) is 21.3 Å². The Hall–Kier alpha value is -2.67. The molecule has 1 heterocycles. The zero-order valence-electron chi connectivity index (χ0n) is 13.2. The number of rotatable bonds is 6. The van der Waals surface area contributed by atoms with Gasteiger partial charge in [0.05, 0.1) is 14.2 Å². The fourth-order valence-corrected chi connectivity index (χ4v) is 2.22. The highest BCUT2D eigenvalue weighted by Gasteiger charge is 2.28. The van der Waals surface area contributed by atoms with Crippen LogP contribution in [0.25, 0.3) is 0 Å². The van der Waals surface area contributed by atoms with Crippen LogP contribution in [0.5, 0.6) is 0 Å². The van der Waals surface area contributed by atoms with Crippen molar-refractivity contribution in [2.45, 2.75) is 13.2 Å². The van der Waals surface area contributed by atoms with Crippen molar-refractivity contribution < 1.29 is 23.8 Å². The third kappa shape index (κ3) is 3.57. The number of esters is 2. The van der Waals surface area contributed by atoms with E-state index in [0.29, 0.717) is 12.4 Å². The third-order valence-electron chi connectivity index (χ3n) is 3.26. The topological polar surface area (TPSA) is 79.7 Å². The number of benzene rings is 1. The minimum absolute atomic E-state index is 0.0512. The van der Waals surface area contributed by atoms with Gasteiger partial charge in [0.25, 0.3) is 0 Å². The summed E-state index contributed by atoms with van der Waals surface area (Å²) in [6.07, 6.45) is 0. The molecule has 0 saturated carbocycles. The van der Waals surface area contributed by atoms with E-state index < -0.39 is 11.9 Å². The molecule has 0 N–H and O–H groups in total. The average molecular weight is 318 g/mol. The minimum Gasteiger partial charge on any atom is -0.464 e. The molecule has 0 unspecified atom stereocenters. The van der Waals surface area contributed by atoms with Gasteiger partial charge in [-0.1, -0.05) is 30.3 Å². The SMILES string of the molecule is COCc1nc(C(=O)OC)c(C(=O)OC)n1Cc1ccccc1. The van der Waals surface area contributed by atoms with Gasteiger partial charge in [0, 0.05) is 13.7 Å². The molecule has 0 spiro atoms. The van der Waals surface area contributed by atoms with E-state index in [2.05, 4.69) is 4.98 Å². The van der Waals surface area contributed by atoms with Gasteiger partial charge in [-0.05, 0) is 5.56 Å². The second-order valence-corrected chi connectivity index (χ2v) is 4.71. The predicted molar refractivity (Wildman–Crippen MR) is 81.2 cm³/mol. The van der Waals surface area contributed by atoms with Gasteiger partial charge in [0.2, 0.25) is 0 Å². The Morgan fingerprint density at radius 1 is 1.04 bits per heavy atom. The van der Waals surface area contributed by atoms with Crippen LogP contribution in [0.4, 0.5) is 0 Å². The first-order valence-corrected chi connectivity index (χ1v) is 6.91. The number of imidazole rings is 1. The molecule has 0 aliphatic rings. The van der Waals surface area contributed by atoms with Crippen LogP contribution < -0.4 is 0 Å². The lowest BCUT2D eigenvalue weighted by molar-refractivity contribution is 0.0544. The molecular weight excluding hydrogens is 300 g/mol. The van der Waals surface area contributed by atoms with Crippen molar-refractivity contribution in [1.82, 2.24) is 9.55 Å². The van der Waals surface area contributed by atoms with Crippen LogP contribution in [0, 0.1) is 0 Å². The van der Waals surface area contributed by atoms with Gasteiger partial charge in [-0.2, -0.15) is 0 Å². The van der Waals surface area contributed by atoms with E-state index in [4.69, 9.17) is 14.2 Å². The van der Waals surface area contributed by atoms with E-state index >= 15 is 0 Å². The quantitative estimate of drug-likeness (QED) is 0.754. The van der Waals surface area contributed by atoms with Crippen molar-refractivity contribution in [3.63, 3.8) is 0 Å². The largest absolute Gasteiger partial charge is 0.464 e. The lowest BCUT2D eigenvalue weighted by atomic mass is 10.2. The summed E-state index contributed by atoms with van der Waals surface area (Å²) in [6, 6.07) is 9.50. The molecular formula is C16H18N2O5. The Bertz CT molecular complexity index is 694. The number of aromatic nitrogens is 2. The van der Waals surface area contributed by atoms with Gasteiger partial charge in [0.1, 0.15) is 12.4 Å². The molecule has 1 aromatic heterocycles. The molecule has 23 heavy (non-hydrogen) atoms. The molecule has 7 heteroatoms. The summed E-state index contributed by atoms with van der Waals surface area (Å²) in [5.41, 5.74) is 0.918. The monoisotopic (exact) mass is 318 g/mol. The highest BCUT2D eigenvalue weighted by molar-refractivity contribution is 6.00. The van der Waals surface area contributed by atoms with Gasteiger partial charge in [0.15, 0.2) is 11.4 Å². The smallest absolute Gasteiger partial charge is 0.359 e. The number of hydrogen-bond donors (Lipinski definition) is 0. The fraction of sp³-hybridized carbons (Fsp3) is 0.312. The van der Waals surface area contributed by atoms with Crippen LogP contribution in [-0.4, -0.2) is 42.8 Å². The second kappa shape index (κ2) is 7.55. The Kier molecular flexibility index (Phi) is 5.48. The molecule has 0 radical (unpaired) electrons. The Labute approximate surface area is 133 Å². The maximum atomic E-state index is 12.2. The van der Waals surface area contributed by atoms with Crippen LogP contribution in [-0.2, 0) is 27.4 Å². The Morgan fingerprint density at radius 2 is 1.70 bits per heavy atom. The van der Waals surface area contributed by atoms with E-state index in [-0.39, 0.29) is 18.0 Å². The molecule has 7 nitrogen and oxygen atoms in total. The van der Waals surface area contributed by atoms with Gasteiger partial charge < -0.3 is 18.8 Å². The number of carbonyl (C=O) groups is 2. The third-order valence-corrected chi connectivity index (χ3v) is 3.26. The van der Waals surface area contributed by atoms with Crippen molar-refractivity contribution in [3.05, 3.63) is 53.1 Å². The number of ether oxygens (including phenoxy) is 3. The van der Waals surface area contributed by atoms with Crippen molar-refractivity contribution in [2.24, 2.45) is 0 Å². The van der Waals surface area contributed by atoms with Crippen molar-refractivity contribution in [1.29, 1.82) is 0 Å². The molecule has 0 fully saturated rings. The molecule has 0 atom stereocenters. The standard InChI is InChI=1S/C16H18N2O5/c1-21-10-12-17-13(15(19)22-2)14(16(20)23-3)18(12)9-11-7-5-4-6-8-11/h4-8H,9-10H2,1-3H3. The van der Waals surface area contributed by atoms with E-state index in [1.165, 1.54) is 21.3 Å². The fourth-order valence-electron chi connectivity index (χ4n) is 2.22. The summed E-state index contributed by atoms with van der Waals surface area (Å²) in [5, 5.41) is 0. The van der Waals surface area contributed by atoms with Crippen LogP contribution in [0.15, 0.2) is 30.3 Å². The number of carbonyl (C=O) groups excluding carboxylic acids is 2. The summed E-state index contributed by atoms with van der Waals surface area (Å²) < 4.78 is 16.2. The van der Waals surface area contributed by atoms with E-state index in [0.717, 1.165) is 5.56 Å². The van der Waals surface area contributed by atoms with Gasteiger partial charge in [-0.15, -0.1) is 0 Å². The Balaban J connectivity index is 2.57. The van der Waals surface area contributed by atoms with Crippen molar-refractivity contribution in [3.8, 4) is 0 Å². The molecule has 2 rings (SSSR count). The number of hydrogen-bond acceptors (Lipinski definition) is 6. The lowest BCUT2D eigenvalue weighted by Crippen LogP contribution is -2.17. The van der Waals surface area contributed by atoms with E-state index in [1.54, 1.807) is 4.57 Å². The average Bonchev–Trinajstić information content (AvgIpc) is 2.93. The first-order valence-electron chi connectivity index (χ1n) is 6.91.